The lowest BCUT2D eigenvalue weighted by Crippen LogP contribution is -2.51. The molecule has 29 heavy (non-hydrogen) atoms. The van der Waals surface area contributed by atoms with Gasteiger partial charge in [0.25, 0.3) is 0 Å². The minimum Gasteiger partial charge on any atom is -0.479 e. The van der Waals surface area contributed by atoms with E-state index in [9.17, 15) is 24.0 Å². The molecule has 0 aliphatic carbocycles. The van der Waals surface area contributed by atoms with E-state index in [2.05, 4.69) is 10.1 Å². The minimum atomic E-state index is -1.24. The zero-order valence-corrected chi connectivity index (χ0v) is 16.9. The van der Waals surface area contributed by atoms with Gasteiger partial charge in [-0.1, -0.05) is 0 Å². The molecule has 1 unspecified atom stereocenters. The fourth-order valence-electron chi connectivity index (χ4n) is 2.72. The van der Waals surface area contributed by atoms with Crippen LogP contribution >= 0.6 is 0 Å². The maximum absolute atomic E-state index is 12.0. The van der Waals surface area contributed by atoms with Crippen molar-refractivity contribution in [2.24, 2.45) is 0 Å². The highest BCUT2D eigenvalue weighted by Crippen LogP contribution is 2.26. The quantitative estimate of drug-likeness (QED) is 0.417. The summed E-state index contributed by atoms with van der Waals surface area (Å²) < 4.78 is 25.6. The molecule has 0 bridgehead atoms. The Kier molecular flexibility index (Phi) is 9.10. The Hall–Kier alpha value is -3.11. The van der Waals surface area contributed by atoms with E-state index >= 15 is 0 Å². The topological polar surface area (TPSA) is 144 Å². The summed E-state index contributed by atoms with van der Waals surface area (Å²) in [5.74, 6) is -3.46. The Bertz CT molecular complexity index is 686. The molecule has 0 saturated carbocycles. The number of rotatable bonds is 8. The third-order valence-corrected chi connectivity index (χ3v) is 3.70. The summed E-state index contributed by atoms with van der Waals surface area (Å²) in [5, 5.41) is 2.62. The standard InChI is InChI=1S/C18H25NO10/c1-9(20)19-13-6-14(29-15(7-13)18(24)25-5)17(28-12(4)23)16(27-11(3)22)8-26-10(2)21/h7,13-14,16-17H,6,8H2,1-5H3,(H,19,20)/t13?,14-,16-,17+/m1/s1. The third kappa shape index (κ3) is 8.20. The van der Waals surface area contributed by atoms with Crippen molar-refractivity contribution in [1.82, 2.24) is 5.32 Å². The first-order valence-electron chi connectivity index (χ1n) is 8.75. The van der Waals surface area contributed by atoms with E-state index in [1.807, 2.05) is 0 Å². The average Bonchev–Trinajstić information content (AvgIpc) is 2.61. The van der Waals surface area contributed by atoms with Crippen LogP contribution in [-0.4, -0.2) is 67.9 Å². The zero-order chi connectivity index (χ0) is 22.1. The summed E-state index contributed by atoms with van der Waals surface area (Å²) in [6.45, 7) is 4.31. The van der Waals surface area contributed by atoms with Crippen LogP contribution in [-0.2, 0) is 47.7 Å². The predicted molar refractivity (Wildman–Crippen MR) is 94.9 cm³/mol. The van der Waals surface area contributed by atoms with Crippen LogP contribution in [0.25, 0.3) is 0 Å². The van der Waals surface area contributed by atoms with Crippen LogP contribution in [0.5, 0.6) is 0 Å². The van der Waals surface area contributed by atoms with Gasteiger partial charge in [-0.15, -0.1) is 0 Å². The van der Waals surface area contributed by atoms with Crippen molar-refractivity contribution >= 4 is 29.8 Å². The maximum Gasteiger partial charge on any atom is 0.373 e. The van der Waals surface area contributed by atoms with Gasteiger partial charge < -0.3 is 29.0 Å². The summed E-state index contributed by atoms with van der Waals surface area (Å²) in [5.41, 5.74) is 0. The second-order valence-electron chi connectivity index (χ2n) is 6.25. The number of methoxy groups -OCH3 is 1. The van der Waals surface area contributed by atoms with Crippen LogP contribution in [0.4, 0.5) is 0 Å². The SMILES string of the molecule is COC(=O)C1=CC(NC(C)=O)C[C@H]([C@H](OC(C)=O)[C@@H](COC(C)=O)OC(C)=O)O1. The van der Waals surface area contributed by atoms with Gasteiger partial charge in [-0.3, -0.25) is 19.2 Å². The molecule has 11 nitrogen and oxygen atoms in total. The fourth-order valence-corrected chi connectivity index (χ4v) is 2.72. The summed E-state index contributed by atoms with van der Waals surface area (Å²) in [7, 11) is 1.15. The first-order chi connectivity index (χ1) is 13.5. The Labute approximate surface area is 167 Å². The summed E-state index contributed by atoms with van der Waals surface area (Å²) >= 11 is 0. The largest absolute Gasteiger partial charge is 0.479 e. The lowest BCUT2D eigenvalue weighted by atomic mass is 9.97. The molecule has 0 aromatic carbocycles. The molecular weight excluding hydrogens is 390 g/mol. The smallest absolute Gasteiger partial charge is 0.373 e. The van der Waals surface area contributed by atoms with Gasteiger partial charge in [0.2, 0.25) is 11.7 Å². The van der Waals surface area contributed by atoms with Crippen molar-refractivity contribution in [2.75, 3.05) is 13.7 Å². The molecule has 0 saturated heterocycles. The summed E-state index contributed by atoms with van der Waals surface area (Å²) in [4.78, 5) is 57.8. The molecule has 0 fully saturated rings. The van der Waals surface area contributed by atoms with E-state index < -0.39 is 54.8 Å². The van der Waals surface area contributed by atoms with E-state index in [0.29, 0.717) is 0 Å². The van der Waals surface area contributed by atoms with E-state index in [4.69, 9.17) is 18.9 Å². The molecule has 0 radical (unpaired) electrons. The molecule has 11 heteroatoms. The monoisotopic (exact) mass is 415 g/mol. The number of hydrogen-bond acceptors (Lipinski definition) is 10. The Balaban J connectivity index is 3.23. The number of hydrogen-bond donors (Lipinski definition) is 1. The normalized spacial score (nSPS) is 20.1. The van der Waals surface area contributed by atoms with Gasteiger partial charge in [0, 0.05) is 34.1 Å². The number of nitrogens with one attached hydrogen (secondary N) is 1. The van der Waals surface area contributed by atoms with Crippen LogP contribution < -0.4 is 5.32 Å². The van der Waals surface area contributed by atoms with Crippen molar-refractivity contribution in [3.8, 4) is 0 Å². The molecule has 1 amide bonds. The van der Waals surface area contributed by atoms with Crippen molar-refractivity contribution < 1.29 is 47.7 Å². The molecule has 4 atom stereocenters. The van der Waals surface area contributed by atoms with Gasteiger partial charge in [0.1, 0.15) is 12.7 Å². The van der Waals surface area contributed by atoms with Gasteiger partial charge in [-0.05, 0) is 6.08 Å². The first-order valence-corrected chi connectivity index (χ1v) is 8.75. The number of carbonyl (C=O) groups excluding carboxylic acids is 5. The number of carbonyl (C=O) groups is 5. The molecule has 162 valence electrons. The van der Waals surface area contributed by atoms with E-state index in [-0.39, 0.29) is 18.1 Å². The van der Waals surface area contributed by atoms with Crippen LogP contribution in [0.15, 0.2) is 11.8 Å². The highest BCUT2D eigenvalue weighted by molar-refractivity contribution is 5.86. The maximum atomic E-state index is 12.0. The molecule has 0 spiro atoms. The number of ether oxygens (including phenoxy) is 5. The average molecular weight is 415 g/mol. The van der Waals surface area contributed by atoms with E-state index in [1.165, 1.54) is 13.0 Å². The highest BCUT2D eigenvalue weighted by atomic mass is 16.6. The first kappa shape index (κ1) is 23.9. The fraction of sp³-hybridized carbons (Fsp3) is 0.611. The van der Waals surface area contributed by atoms with Crippen molar-refractivity contribution in [2.45, 2.75) is 58.5 Å². The number of amides is 1. The van der Waals surface area contributed by atoms with Gasteiger partial charge in [0.05, 0.1) is 13.2 Å². The predicted octanol–water partition coefficient (Wildman–Crippen LogP) is -0.237. The third-order valence-electron chi connectivity index (χ3n) is 3.70. The molecule has 0 aromatic rings. The molecule has 1 heterocycles. The zero-order valence-electron chi connectivity index (χ0n) is 16.9. The summed E-state index contributed by atoms with van der Waals surface area (Å²) in [6, 6.07) is -0.648. The Morgan fingerprint density at radius 3 is 2.17 bits per heavy atom. The van der Waals surface area contributed by atoms with Crippen LogP contribution in [0.3, 0.4) is 0 Å². The van der Waals surface area contributed by atoms with Gasteiger partial charge in [-0.2, -0.15) is 0 Å². The second kappa shape index (κ2) is 11.0. The summed E-state index contributed by atoms with van der Waals surface area (Å²) in [6.07, 6.45) is -2.02. The molecule has 1 rings (SSSR count). The highest BCUT2D eigenvalue weighted by Gasteiger charge is 2.41. The Morgan fingerprint density at radius 2 is 1.69 bits per heavy atom. The van der Waals surface area contributed by atoms with Gasteiger partial charge in [0.15, 0.2) is 12.2 Å². The van der Waals surface area contributed by atoms with E-state index in [1.54, 1.807) is 0 Å². The molecule has 1 N–H and O–H groups in total. The van der Waals surface area contributed by atoms with Crippen LogP contribution in [0.2, 0.25) is 0 Å². The van der Waals surface area contributed by atoms with Crippen LogP contribution in [0.1, 0.15) is 34.1 Å². The molecular formula is C18H25NO10. The van der Waals surface area contributed by atoms with Gasteiger partial charge >= 0.3 is 23.9 Å². The minimum absolute atomic E-state index is 0.0792. The molecule has 1 aliphatic heterocycles. The number of esters is 4. The lowest BCUT2D eigenvalue weighted by molar-refractivity contribution is -0.186. The van der Waals surface area contributed by atoms with Crippen molar-refractivity contribution in [3.05, 3.63) is 11.8 Å². The second-order valence-corrected chi connectivity index (χ2v) is 6.25. The lowest BCUT2D eigenvalue weighted by Gasteiger charge is -2.36. The van der Waals surface area contributed by atoms with E-state index in [0.717, 1.165) is 27.9 Å². The van der Waals surface area contributed by atoms with Gasteiger partial charge in [-0.25, -0.2) is 4.79 Å². The van der Waals surface area contributed by atoms with Crippen LogP contribution in [0, 0.1) is 0 Å². The van der Waals surface area contributed by atoms with Crippen molar-refractivity contribution in [1.29, 1.82) is 0 Å². The Morgan fingerprint density at radius 1 is 1.07 bits per heavy atom. The molecule has 1 aliphatic rings. The van der Waals surface area contributed by atoms with Crippen molar-refractivity contribution in [3.63, 3.8) is 0 Å². The molecule has 0 aromatic heterocycles.